The van der Waals surface area contributed by atoms with Gasteiger partial charge < -0.3 is 20.4 Å². The Morgan fingerprint density at radius 1 is 1.35 bits per heavy atom. The molecule has 2 aromatic rings. The molecule has 0 atom stereocenters. The number of aromatic amines is 1. The van der Waals surface area contributed by atoms with Crippen molar-refractivity contribution in [3.63, 3.8) is 0 Å². The van der Waals surface area contributed by atoms with Crippen molar-refractivity contribution in [1.82, 2.24) is 9.88 Å². The van der Waals surface area contributed by atoms with E-state index in [1.165, 1.54) is 0 Å². The van der Waals surface area contributed by atoms with Gasteiger partial charge in [-0.1, -0.05) is 13.8 Å². The highest BCUT2D eigenvalue weighted by atomic mass is 32.1. The van der Waals surface area contributed by atoms with E-state index in [1.807, 2.05) is 12.1 Å². The molecule has 0 saturated carbocycles. The third-order valence-electron chi connectivity index (χ3n) is 3.38. The lowest BCUT2D eigenvalue weighted by molar-refractivity contribution is 0.223. The summed E-state index contributed by atoms with van der Waals surface area (Å²) in [5.41, 5.74) is 7.89. The van der Waals surface area contributed by atoms with Crippen molar-refractivity contribution in [1.29, 1.82) is 0 Å². The molecule has 0 unspecified atom stereocenters. The molecule has 1 aromatic heterocycles. The smallest absolute Gasteiger partial charge is 0.159 e. The zero-order valence-electron chi connectivity index (χ0n) is 11.9. The minimum absolute atomic E-state index is 0.478. The Morgan fingerprint density at radius 3 is 2.75 bits per heavy atom. The number of nitrogens with one attached hydrogen (secondary N) is 1. The molecule has 3 N–H and O–H groups in total. The Kier molecular flexibility index (Phi) is 5.54. The number of nitrogens with zero attached hydrogens (tertiary/aromatic N) is 1. The fourth-order valence-corrected chi connectivity index (χ4v) is 3.36. The number of nitrogens with two attached hydrogens (primary N) is 1. The van der Waals surface area contributed by atoms with Crippen molar-refractivity contribution in [3.05, 3.63) is 21.7 Å². The SMILES string of the molecule is CCN(CC)CCOc1cc(CN)c2[nH]c(=S)sc2c1. The molecule has 0 bridgehead atoms. The molecule has 20 heavy (non-hydrogen) atoms. The van der Waals surface area contributed by atoms with E-state index in [1.54, 1.807) is 11.3 Å². The number of hydrogen-bond acceptors (Lipinski definition) is 5. The number of fused-ring (bicyclic) bond motifs is 1. The molecule has 4 nitrogen and oxygen atoms in total. The second-order valence-electron chi connectivity index (χ2n) is 4.55. The van der Waals surface area contributed by atoms with Gasteiger partial charge in [-0.25, -0.2) is 0 Å². The Bertz CT molecular complexity index is 616. The first kappa shape index (κ1) is 15.4. The summed E-state index contributed by atoms with van der Waals surface area (Å²) in [6.45, 7) is 8.52. The fourth-order valence-electron chi connectivity index (χ4n) is 2.17. The van der Waals surface area contributed by atoms with E-state index in [4.69, 9.17) is 22.7 Å². The zero-order valence-corrected chi connectivity index (χ0v) is 13.6. The van der Waals surface area contributed by atoms with Gasteiger partial charge in [0, 0.05) is 13.1 Å². The van der Waals surface area contributed by atoms with Crippen LogP contribution in [0, 0.1) is 3.95 Å². The Morgan fingerprint density at radius 2 is 2.10 bits per heavy atom. The van der Waals surface area contributed by atoms with E-state index in [0.29, 0.717) is 13.2 Å². The number of benzene rings is 1. The van der Waals surface area contributed by atoms with Gasteiger partial charge in [0.15, 0.2) is 3.95 Å². The number of H-pyrrole nitrogens is 1. The van der Waals surface area contributed by atoms with Gasteiger partial charge >= 0.3 is 0 Å². The van der Waals surface area contributed by atoms with E-state index >= 15 is 0 Å². The highest BCUT2D eigenvalue weighted by Crippen LogP contribution is 2.28. The number of likely N-dealkylation sites (N-methyl/N-ethyl adjacent to an activating group) is 1. The highest BCUT2D eigenvalue weighted by molar-refractivity contribution is 7.73. The largest absolute Gasteiger partial charge is 0.492 e. The van der Waals surface area contributed by atoms with Gasteiger partial charge in [-0.3, -0.25) is 0 Å². The minimum Gasteiger partial charge on any atom is -0.492 e. The standard InChI is InChI=1S/C14H21N3OS2/c1-3-17(4-2)5-6-18-11-7-10(9-15)13-12(8-11)20-14(19)16-13/h7-8H,3-6,9,15H2,1-2H3,(H,16,19). The number of rotatable bonds is 7. The fraction of sp³-hybridized carbons (Fsp3) is 0.500. The average molecular weight is 311 g/mol. The highest BCUT2D eigenvalue weighted by Gasteiger charge is 2.07. The van der Waals surface area contributed by atoms with Crippen LogP contribution in [0.25, 0.3) is 10.2 Å². The molecular formula is C14H21N3OS2. The molecule has 0 amide bonds. The number of aromatic nitrogens is 1. The maximum atomic E-state index is 5.86. The van der Waals surface area contributed by atoms with Crippen LogP contribution in [-0.4, -0.2) is 36.1 Å². The van der Waals surface area contributed by atoms with E-state index in [0.717, 1.165) is 45.1 Å². The molecule has 0 fully saturated rings. The van der Waals surface area contributed by atoms with Gasteiger partial charge in [0.25, 0.3) is 0 Å². The van der Waals surface area contributed by atoms with E-state index in [9.17, 15) is 0 Å². The van der Waals surface area contributed by atoms with Crippen LogP contribution >= 0.6 is 23.6 Å². The second-order valence-corrected chi connectivity index (χ2v) is 6.27. The Balaban J connectivity index is 2.12. The molecule has 0 spiro atoms. The van der Waals surface area contributed by atoms with Crippen LogP contribution in [0.3, 0.4) is 0 Å². The van der Waals surface area contributed by atoms with Crippen LogP contribution in [-0.2, 0) is 6.54 Å². The normalized spacial score (nSPS) is 11.4. The van der Waals surface area contributed by atoms with Crippen LogP contribution < -0.4 is 10.5 Å². The van der Waals surface area contributed by atoms with Gasteiger partial charge in [-0.2, -0.15) is 0 Å². The van der Waals surface area contributed by atoms with Gasteiger partial charge in [-0.15, -0.1) is 11.3 Å². The van der Waals surface area contributed by atoms with Gasteiger partial charge in [0.1, 0.15) is 12.4 Å². The molecule has 0 saturated heterocycles. The molecule has 1 aromatic carbocycles. The molecule has 1 heterocycles. The molecule has 0 aliphatic heterocycles. The maximum absolute atomic E-state index is 5.86. The topological polar surface area (TPSA) is 54.3 Å². The molecule has 2 rings (SSSR count). The predicted molar refractivity (Wildman–Crippen MR) is 88.2 cm³/mol. The lowest BCUT2D eigenvalue weighted by Gasteiger charge is -2.18. The van der Waals surface area contributed by atoms with Crippen molar-refractivity contribution in [3.8, 4) is 5.75 Å². The van der Waals surface area contributed by atoms with E-state index in [-0.39, 0.29) is 0 Å². The second kappa shape index (κ2) is 7.17. The summed E-state index contributed by atoms with van der Waals surface area (Å²) in [5, 5.41) is 0. The summed E-state index contributed by atoms with van der Waals surface area (Å²) in [6, 6.07) is 4.04. The first-order chi connectivity index (χ1) is 9.67. The summed E-state index contributed by atoms with van der Waals surface area (Å²) >= 11 is 6.75. The number of thiazole rings is 1. The van der Waals surface area contributed by atoms with Crippen LogP contribution in [0.5, 0.6) is 5.75 Å². The maximum Gasteiger partial charge on any atom is 0.159 e. The molecule has 0 radical (unpaired) electrons. The van der Waals surface area contributed by atoms with Crippen LogP contribution in [0.4, 0.5) is 0 Å². The average Bonchev–Trinajstić information content (AvgIpc) is 2.83. The molecule has 0 aliphatic carbocycles. The summed E-state index contributed by atoms with van der Waals surface area (Å²) in [5.74, 6) is 0.871. The van der Waals surface area contributed by atoms with Crippen molar-refractivity contribution >= 4 is 33.8 Å². The zero-order chi connectivity index (χ0) is 14.5. The third-order valence-corrected chi connectivity index (χ3v) is 4.56. The van der Waals surface area contributed by atoms with Crippen molar-refractivity contribution in [2.75, 3.05) is 26.2 Å². The summed E-state index contributed by atoms with van der Waals surface area (Å²) in [6.07, 6.45) is 0. The van der Waals surface area contributed by atoms with Gasteiger partial charge in [0.05, 0.1) is 10.2 Å². The molecule has 0 aliphatic rings. The predicted octanol–water partition coefficient (Wildman–Crippen LogP) is 3.14. The molecule has 110 valence electrons. The van der Waals surface area contributed by atoms with Crippen molar-refractivity contribution < 1.29 is 4.74 Å². The van der Waals surface area contributed by atoms with E-state index in [2.05, 4.69) is 23.7 Å². The number of ether oxygens (including phenoxy) is 1. The Hall–Kier alpha value is -0.950. The first-order valence-corrected chi connectivity index (χ1v) is 8.11. The lowest BCUT2D eigenvalue weighted by atomic mass is 10.2. The van der Waals surface area contributed by atoms with Crippen LogP contribution in [0.1, 0.15) is 19.4 Å². The van der Waals surface area contributed by atoms with Crippen LogP contribution in [0.15, 0.2) is 12.1 Å². The quantitative estimate of drug-likeness (QED) is 0.771. The Labute approximate surface area is 128 Å². The van der Waals surface area contributed by atoms with Crippen LogP contribution in [0.2, 0.25) is 0 Å². The van der Waals surface area contributed by atoms with Crippen molar-refractivity contribution in [2.45, 2.75) is 20.4 Å². The summed E-state index contributed by atoms with van der Waals surface area (Å²) in [7, 11) is 0. The minimum atomic E-state index is 0.478. The summed E-state index contributed by atoms with van der Waals surface area (Å²) in [4.78, 5) is 5.52. The lowest BCUT2D eigenvalue weighted by Crippen LogP contribution is -2.27. The monoisotopic (exact) mass is 311 g/mol. The molecular weight excluding hydrogens is 290 g/mol. The van der Waals surface area contributed by atoms with Crippen molar-refractivity contribution in [2.24, 2.45) is 5.73 Å². The van der Waals surface area contributed by atoms with E-state index < -0.39 is 0 Å². The van der Waals surface area contributed by atoms with Gasteiger partial charge in [-0.05, 0) is 43.0 Å². The molecule has 6 heteroatoms. The first-order valence-electron chi connectivity index (χ1n) is 6.88. The summed E-state index contributed by atoms with van der Waals surface area (Å²) < 4.78 is 7.74. The van der Waals surface area contributed by atoms with Gasteiger partial charge in [0.2, 0.25) is 0 Å². The third kappa shape index (κ3) is 3.58. The number of hydrogen-bond donors (Lipinski definition) is 2.